The minimum absolute atomic E-state index is 0.453. The van der Waals surface area contributed by atoms with E-state index in [9.17, 15) is 0 Å². The molecule has 0 saturated carbocycles. The summed E-state index contributed by atoms with van der Waals surface area (Å²) in [6.45, 7) is 3.76. The smallest absolute Gasteiger partial charge is 0.0619 e. The molecule has 0 bridgehead atoms. The molecule has 2 aliphatic heterocycles. The first-order valence-corrected chi connectivity index (χ1v) is 8.11. The van der Waals surface area contributed by atoms with Crippen LogP contribution in [0.2, 0.25) is 0 Å². The summed E-state index contributed by atoms with van der Waals surface area (Å²) < 4.78 is 11.2. The van der Waals surface area contributed by atoms with E-state index in [0.29, 0.717) is 6.10 Å². The van der Waals surface area contributed by atoms with E-state index in [1.54, 1.807) is 0 Å². The Morgan fingerprint density at radius 2 is 2.12 bits per heavy atom. The Balaban J connectivity index is 1.42. The fraction of sp³-hybridized carbons (Fsp3) is 1.00. The summed E-state index contributed by atoms with van der Waals surface area (Å²) in [7, 11) is 0. The predicted molar refractivity (Wildman–Crippen MR) is 72.8 cm³/mol. The maximum atomic E-state index is 5.85. The molecule has 3 nitrogen and oxygen atoms in total. The lowest BCUT2D eigenvalue weighted by molar-refractivity contribution is -0.0322. The molecule has 2 aliphatic rings. The van der Waals surface area contributed by atoms with Gasteiger partial charge >= 0.3 is 0 Å². The van der Waals surface area contributed by atoms with Gasteiger partial charge in [-0.15, -0.1) is 0 Å². The third kappa shape index (κ3) is 5.60. The summed E-state index contributed by atoms with van der Waals surface area (Å²) in [5.41, 5.74) is 0. The maximum absolute atomic E-state index is 5.85. The van der Waals surface area contributed by atoms with Crippen LogP contribution in [0.1, 0.15) is 32.1 Å². The van der Waals surface area contributed by atoms with Crippen molar-refractivity contribution in [3.8, 4) is 0 Å². The van der Waals surface area contributed by atoms with E-state index in [4.69, 9.17) is 9.47 Å². The Hall–Kier alpha value is 0.230. The van der Waals surface area contributed by atoms with Crippen LogP contribution in [0.15, 0.2) is 0 Å². The molecule has 2 rings (SSSR count). The average molecular weight is 259 g/mol. The fourth-order valence-corrected chi connectivity index (χ4v) is 3.48. The number of nitrogens with one attached hydrogen (secondary N) is 1. The van der Waals surface area contributed by atoms with Gasteiger partial charge in [0, 0.05) is 31.6 Å². The molecule has 1 N–H and O–H groups in total. The van der Waals surface area contributed by atoms with Crippen LogP contribution in [-0.4, -0.2) is 50.0 Å². The van der Waals surface area contributed by atoms with Gasteiger partial charge in [-0.25, -0.2) is 0 Å². The summed E-state index contributed by atoms with van der Waals surface area (Å²) in [6, 6.07) is 0.747. The van der Waals surface area contributed by atoms with Gasteiger partial charge in [0.15, 0.2) is 0 Å². The Morgan fingerprint density at radius 1 is 1.24 bits per heavy atom. The molecular formula is C13H25NO2S. The van der Waals surface area contributed by atoms with Gasteiger partial charge in [0.05, 0.1) is 6.10 Å². The van der Waals surface area contributed by atoms with Crippen molar-refractivity contribution < 1.29 is 9.47 Å². The van der Waals surface area contributed by atoms with Gasteiger partial charge in [-0.05, 0) is 44.4 Å². The maximum Gasteiger partial charge on any atom is 0.0619 e. The van der Waals surface area contributed by atoms with E-state index in [1.807, 2.05) is 0 Å². The monoisotopic (exact) mass is 259 g/mol. The highest BCUT2D eigenvalue weighted by Crippen LogP contribution is 2.16. The third-order valence-corrected chi connectivity index (χ3v) is 4.65. The largest absolute Gasteiger partial charge is 0.381 e. The molecule has 1 unspecified atom stereocenters. The first-order valence-electron chi connectivity index (χ1n) is 6.95. The quantitative estimate of drug-likeness (QED) is 0.740. The highest BCUT2D eigenvalue weighted by molar-refractivity contribution is 7.99. The molecular weight excluding hydrogens is 234 g/mol. The van der Waals surface area contributed by atoms with Gasteiger partial charge < -0.3 is 14.8 Å². The van der Waals surface area contributed by atoms with Gasteiger partial charge in [0.2, 0.25) is 0 Å². The summed E-state index contributed by atoms with van der Waals surface area (Å²) in [5.74, 6) is 2.64. The number of rotatable bonds is 6. The summed E-state index contributed by atoms with van der Waals surface area (Å²) in [5, 5.41) is 3.63. The van der Waals surface area contributed by atoms with E-state index in [2.05, 4.69) is 17.1 Å². The predicted octanol–water partition coefficient (Wildman–Crippen LogP) is 2.06. The van der Waals surface area contributed by atoms with E-state index < -0.39 is 0 Å². The lowest BCUT2D eigenvalue weighted by Crippen LogP contribution is -2.35. The highest BCUT2D eigenvalue weighted by atomic mass is 32.2. The molecule has 4 heteroatoms. The Kier molecular flexibility index (Phi) is 6.71. The molecule has 0 aliphatic carbocycles. The first kappa shape index (κ1) is 13.7. The van der Waals surface area contributed by atoms with E-state index in [-0.39, 0.29) is 0 Å². The molecule has 0 aromatic rings. The van der Waals surface area contributed by atoms with Crippen molar-refractivity contribution in [3.63, 3.8) is 0 Å². The van der Waals surface area contributed by atoms with E-state index >= 15 is 0 Å². The van der Waals surface area contributed by atoms with Gasteiger partial charge in [-0.1, -0.05) is 0 Å². The Bertz CT molecular complexity index is 172. The van der Waals surface area contributed by atoms with Crippen LogP contribution in [0.3, 0.4) is 0 Å². The lowest BCUT2D eigenvalue weighted by atomic mass is 10.1. The van der Waals surface area contributed by atoms with Gasteiger partial charge in [0.25, 0.3) is 0 Å². The zero-order valence-electron chi connectivity index (χ0n) is 10.7. The number of hydrogen-bond acceptors (Lipinski definition) is 4. The normalized spacial score (nSPS) is 27.2. The van der Waals surface area contributed by atoms with Crippen LogP contribution in [0.5, 0.6) is 0 Å². The van der Waals surface area contributed by atoms with Gasteiger partial charge in [0.1, 0.15) is 0 Å². The molecule has 0 radical (unpaired) electrons. The molecule has 0 aromatic carbocycles. The molecule has 1 atom stereocenters. The molecule has 2 fully saturated rings. The van der Waals surface area contributed by atoms with Crippen molar-refractivity contribution in [3.05, 3.63) is 0 Å². The molecule has 0 spiro atoms. The second-order valence-electron chi connectivity index (χ2n) is 4.90. The van der Waals surface area contributed by atoms with Crippen LogP contribution in [0.4, 0.5) is 0 Å². The standard InChI is InChI=1S/C13H25NO2S/c1-3-12(11-17-10-1)14-6-2-7-16-13-4-8-15-9-5-13/h12-14H,1-11H2. The molecule has 100 valence electrons. The van der Waals surface area contributed by atoms with Crippen molar-refractivity contribution in [1.82, 2.24) is 5.32 Å². The van der Waals surface area contributed by atoms with Crippen molar-refractivity contribution in [2.45, 2.75) is 44.2 Å². The van der Waals surface area contributed by atoms with Crippen LogP contribution in [0, 0.1) is 0 Å². The Morgan fingerprint density at radius 3 is 2.88 bits per heavy atom. The Labute approximate surface area is 109 Å². The minimum Gasteiger partial charge on any atom is -0.381 e. The molecule has 17 heavy (non-hydrogen) atoms. The number of hydrogen-bond donors (Lipinski definition) is 1. The molecule has 0 aromatic heterocycles. The van der Waals surface area contributed by atoms with E-state index in [1.165, 1.54) is 24.3 Å². The lowest BCUT2D eigenvalue weighted by Gasteiger charge is -2.24. The van der Waals surface area contributed by atoms with Crippen LogP contribution >= 0.6 is 11.8 Å². The minimum atomic E-state index is 0.453. The topological polar surface area (TPSA) is 30.5 Å². The van der Waals surface area contributed by atoms with Crippen molar-refractivity contribution in [2.24, 2.45) is 0 Å². The average Bonchev–Trinajstić information content (AvgIpc) is 2.41. The molecule has 2 heterocycles. The number of ether oxygens (including phenoxy) is 2. The van der Waals surface area contributed by atoms with E-state index in [0.717, 1.165) is 51.7 Å². The molecule has 0 amide bonds. The fourth-order valence-electron chi connectivity index (χ4n) is 2.37. The summed E-state index contributed by atoms with van der Waals surface area (Å²) in [4.78, 5) is 0. The summed E-state index contributed by atoms with van der Waals surface area (Å²) in [6.07, 6.45) is 6.47. The van der Waals surface area contributed by atoms with Crippen molar-refractivity contribution in [2.75, 3.05) is 37.9 Å². The highest BCUT2D eigenvalue weighted by Gasteiger charge is 2.14. The zero-order valence-corrected chi connectivity index (χ0v) is 11.5. The first-order chi connectivity index (χ1) is 8.45. The van der Waals surface area contributed by atoms with Crippen LogP contribution in [-0.2, 0) is 9.47 Å². The molecule has 2 saturated heterocycles. The third-order valence-electron chi connectivity index (χ3n) is 3.44. The SMILES string of the molecule is C(CNC1CCCSC1)COC1CCOCC1. The summed E-state index contributed by atoms with van der Waals surface area (Å²) >= 11 is 2.08. The number of thioether (sulfide) groups is 1. The van der Waals surface area contributed by atoms with Gasteiger partial charge in [-0.3, -0.25) is 0 Å². The van der Waals surface area contributed by atoms with Crippen LogP contribution < -0.4 is 5.32 Å². The second-order valence-corrected chi connectivity index (χ2v) is 6.05. The van der Waals surface area contributed by atoms with Crippen LogP contribution in [0.25, 0.3) is 0 Å². The van der Waals surface area contributed by atoms with Crippen molar-refractivity contribution in [1.29, 1.82) is 0 Å². The zero-order chi connectivity index (χ0) is 11.8. The van der Waals surface area contributed by atoms with Crippen molar-refractivity contribution >= 4 is 11.8 Å². The second kappa shape index (κ2) is 8.35. The van der Waals surface area contributed by atoms with Gasteiger partial charge in [-0.2, -0.15) is 11.8 Å².